The molecule has 0 atom stereocenters. The molecule has 0 unspecified atom stereocenters. The van der Waals surface area contributed by atoms with Gasteiger partial charge < -0.3 is 0 Å². The maximum Gasteiger partial charge on any atom is 0.416 e. The van der Waals surface area contributed by atoms with E-state index in [1.165, 1.54) is 24.3 Å². The van der Waals surface area contributed by atoms with Crippen LogP contribution in [0.25, 0.3) is 0 Å². The Bertz CT molecular complexity index is 1230. The van der Waals surface area contributed by atoms with Crippen molar-refractivity contribution in [3.8, 4) is 0 Å². The Balaban J connectivity index is 2.00. The summed E-state index contributed by atoms with van der Waals surface area (Å²) in [6, 6.07) is 12.3. The topological polar surface area (TPSA) is 43.9 Å². The second-order valence-corrected chi connectivity index (χ2v) is 7.52. The number of carbonyl (C=O) groups excluding carboxylic acids is 2. The average Bonchev–Trinajstić information content (AvgIpc) is 2.86. The first-order valence-corrected chi connectivity index (χ1v) is 10.2. The molecule has 5 nitrogen and oxygen atoms in total. The van der Waals surface area contributed by atoms with Crippen LogP contribution in [0.1, 0.15) is 12.5 Å². The summed E-state index contributed by atoms with van der Waals surface area (Å²) in [5.74, 6) is -0.856. The number of benzene rings is 3. The first-order valence-electron chi connectivity index (χ1n) is 9.80. The molecular formula is C23H16ClF4N3O2. The van der Waals surface area contributed by atoms with Gasteiger partial charge in [0, 0.05) is 6.54 Å². The molecule has 4 rings (SSSR count). The molecule has 3 aromatic rings. The minimum atomic E-state index is -4.67. The van der Waals surface area contributed by atoms with Crippen molar-refractivity contribution in [2.75, 3.05) is 21.2 Å². The molecule has 0 N–H and O–H groups in total. The van der Waals surface area contributed by atoms with Gasteiger partial charge in [-0.15, -0.1) is 0 Å². The number of amides is 4. The van der Waals surface area contributed by atoms with Gasteiger partial charge in [0.05, 0.1) is 33.3 Å². The highest BCUT2D eigenvalue weighted by Gasteiger charge is 2.41. The summed E-state index contributed by atoms with van der Waals surface area (Å²) in [4.78, 5) is 30.0. The van der Waals surface area contributed by atoms with Crippen LogP contribution in [0.3, 0.4) is 0 Å². The van der Waals surface area contributed by atoms with Gasteiger partial charge in [0.25, 0.3) is 0 Å². The minimum absolute atomic E-state index is 0.0413. The van der Waals surface area contributed by atoms with Crippen molar-refractivity contribution in [3.63, 3.8) is 0 Å². The summed E-state index contributed by atoms with van der Waals surface area (Å²) >= 11 is 5.75. The molecule has 1 heterocycles. The van der Waals surface area contributed by atoms with E-state index in [1.807, 2.05) is 0 Å². The van der Waals surface area contributed by atoms with Crippen LogP contribution in [-0.4, -0.2) is 18.6 Å². The van der Waals surface area contributed by atoms with E-state index in [-0.39, 0.29) is 34.3 Å². The van der Waals surface area contributed by atoms with E-state index in [4.69, 9.17) is 11.6 Å². The van der Waals surface area contributed by atoms with Crippen LogP contribution >= 0.6 is 11.6 Å². The summed E-state index contributed by atoms with van der Waals surface area (Å²) in [5, 5.41) is -0.209. The van der Waals surface area contributed by atoms with E-state index in [0.717, 1.165) is 34.1 Å². The van der Waals surface area contributed by atoms with Gasteiger partial charge >= 0.3 is 18.2 Å². The van der Waals surface area contributed by atoms with Crippen LogP contribution in [-0.2, 0) is 6.18 Å². The lowest BCUT2D eigenvalue weighted by Gasteiger charge is -2.27. The fourth-order valence-electron chi connectivity index (χ4n) is 3.59. The molecule has 0 aromatic heterocycles. The monoisotopic (exact) mass is 477 g/mol. The zero-order valence-electron chi connectivity index (χ0n) is 17.1. The molecule has 0 saturated heterocycles. The summed E-state index contributed by atoms with van der Waals surface area (Å²) < 4.78 is 54.8. The van der Waals surface area contributed by atoms with E-state index in [9.17, 15) is 27.2 Å². The molecule has 0 saturated carbocycles. The lowest BCUT2D eigenvalue weighted by atomic mass is 10.1. The van der Waals surface area contributed by atoms with Crippen molar-refractivity contribution in [2.45, 2.75) is 13.1 Å². The number of imide groups is 1. The average molecular weight is 478 g/mol. The maximum atomic E-state index is 14.2. The SMILES string of the molecule is CCN1C(=O)N(c2ccc(Cl)c(F)c2)C(=O)N(c2ccccc2)c2cc(C(F)(F)F)ccc21. The van der Waals surface area contributed by atoms with E-state index in [1.54, 1.807) is 25.1 Å². The molecule has 0 bridgehead atoms. The lowest BCUT2D eigenvalue weighted by molar-refractivity contribution is -0.137. The Hall–Kier alpha value is -3.59. The van der Waals surface area contributed by atoms with Crippen LogP contribution in [0.2, 0.25) is 5.02 Å². The van der Waals surface area contributed by atoms with Crippen molar-refractivity contribution in [3.05, 3.63) is 83.1 Å². The first kappa shape index (κ1) is 22.6. The van der Waals surface area contributed by atoms with Gasteiger partial charge in [0.2, 0.25) is 0 Å². The number of para-hydroxylation sites is 1. The van der Waals surface area contributed by atoms with Gasteiger partial charge in [-0.2, -0.15) is 13.2 Å². The van der Waals surface area contributed by atoms with E-state index >= 15 is 0 Å². The van der Waals surface area contributed by atoms with Gasteiger partial charge in [0.1, 0.15) is 5.82 Å². The number of rotatable bonds is 3. The highest BCUT2D eigenvalue weighted by Crippen LogP contribution is 2.43. The molecule has 3 aromatic carbocycles. The van der Waals surface area contributed by atoms with E-state index < -0.39 is 29.6 Å². The number of anilines is 4. The summed E-state index contributed by atoms with van der Waals surface area (Å²) in [5.41, 5.74) is -0.898. The second-order valence-electron chi connectivity index (χ2n) is 7.12. The number of hydrogen-bond acceptors (Lipinski definition) is 2. The quantitative estimate of drug-likeness (QED) is 0.374. The van der Waals surface area contributed by atoms with Gasteiger partial charge in [-0.05, 0) is 55.5 Å². The summed E-state index contributed by atoms with van der Waals surface area (Å²) in [7, 11) is 0. The molecule has 0 radical (unpaired) electrons. The molecule has 10 heteroatoms. The second kappa shape index (κ2) is 8.40. The largest absolute Gasteiger partial charge is 0.416 e. The third-order valence-corrected chi connectivity index (χ3v) is 5.44. The number of urea groups is 2. The third kappa shape index (κ3) is 4.00. The predicted octanol–water partition coefficient (Wildman–Crippen LogP) is 7.22. The zero-order valence-corrected chi connectivity index (χ0v) is 17.9. The van der Waals surface area contributed by atoms with Crippen molar-refractivity contribution in [2.24, 2.45) is 0 Å². The Morgan fingerprint density at radius 3 is 2.12 bits per heavy atom. The lowest BCUT2D eigenvalue weighted by Crippen LogP contribution is -2.48. The fraction of sp³-hybridized carbons (Fsp3) is 0.130. The van der Waals surface area contributed by atoms with Crippen molar-refractivity contribution in [1.29, 1.82) is 0 Å². The summed E-state index contributed by atoms with van der Waals surface area (Å²) in [6.07, 6.45) is -4.67. The van der Waals surface area contributed by atoms with Crippen LogP contribution < -0.4 is 14.7 Å². The van der Waals surface area contributed by atoms with Crippen LogP contribution in [0, 0.1) is 5.82 Å². The minimum Gasteiger partial charge on any atom is -0.292 e. The van der Waals surface area contributed by atoms with Crippen molar-refractivity contribution < 1.29 is 27.2 Å². The molecule has 0 aliphatic carbocycles. The number of alkyl halides is 3. The van der Waals surface area contributed by atoms with Gasteiger partial charge in [0.15, 0.2) is 0 Å². The highest BCUT2D eigenvalue weighted by atomic mass is 35.5. The number of carbonyl (C=O) groups is 2. The smallest absolute Gasteiger partial charge is 0.292 e. The van der Waals surface area contributed by atoms with Crippen molar-refractivity contribution in [1.82, 2.24) is 0 Å². The molecule has 0 fully saturated rings. The molecule has 170 valence electrons. The third-order valence-electron chi connectivity index (χ3n) is 5.13. The number of nitrogens with zero attached hydrogens (tertiary/aromatic N) is 3. The predicted molar refractivity (Wildman–Crippen MR) is 118 cm³/mol. The standard InChI is InChI=1S/C23H16ClF4N3O2/c1-2-29-19-11-8-14(23(26,27)28)12-20(19)30(15-6-4-3-5-7-15)22(33)31(21(29)32)16-9-10-17(24)18(25)13-16/h3-13H,2H2,1H3. The fourth-order valence-corrected chi connectivity index (χ4v) is 3.71. The number of hydrogen-bond donors (Lipinski definition) is 0. The van der Waals surface area contributed by atoms with Crippen LogP contribution in [0.5, 0.6) is 0 Å². The Kier molecular flexibility index (Phi) is 5.75. The van der Waals surface area contributed by atoms with Gasteiger partial charge in [-0.1, -0.05) is 29.8 Å². The molecule has 33 heavy (non-hydrogen) atoms. The maximum absolute atomic E-state index is 14.2. The van der Waals surface area contributed by atoms with Gasteiger partial charge in [-0.3, -0.25) is 9.80 Å². The van der Waals surface area contributed by atoms with Crippen LogP contribution in [0.15, 0.2) is 66.7 Å². The highest BCUT2D eigenvalue weighted by molar-refractivity contribution is 6.31. The normalized spacial score (nSPS) is 14.4. The Morgan fingerprint density at radius 2 is 1.52 bits per heavy atom. The molecule has 4 amide bonds. The molecule has 1 aliphatic heterocycles. The van der Waals surface area contributed by atoms with Crippen LogP contribution in [0.4, 0.5) is 49.9 Å². The zero-order chi connectivity index (χ0) is 23.9. The summed E-state index contributed by atoms with van der Waals surface area (Å²) in [6.45, 7) is 1.66. The Morgan fingerprint density at radius 1 is 0.818 bits per heavy atom. The number of fused-ring (bicyclic) bond motifs is 1. The molecular weight excluding hydrogens is 462 g/mol. The number of halogens is 5. The van der Waals surface area contributed by atoms with Gasteiger partial charge in [-0.25, -0.2) is 18.9 Å². The van der Waals surface area contributed by atoms with E-state index in [0.29, 0.717) is 4.90 Å². The first-order chi connectivity index (χ1) is 15.6. The van der Waals surface area contributed by atoms with Crippen molar-refractivity contribution >= 4 is 46.4 Å². The van der Waals surface area contributed by atoms with E-state index in [2.05, 4.69) is 0 Å². The Labute approximate surface area is 191 Å². The molecule has 1 aliphatic rings. The molecule has 0 spiro atoms.